The number of fused-ring (bicyclic) bond motifs is 1. The molecule has 0 spiro atoms. The second-order valence-corrected chi connectivity index (χ2v) is 6.74. The van der Waals surface area contributed by atoms with Crippen LogP contribution >= 0.6 is 11.8 Å². The van der Waals surface area contributed by atoms with Gasteiger partial charge in [0.25, 0.3) is 5.91 Å². The minimum Gasteiger partial charge on any atom is -0.480 e. The Labute approximate surface area is 114 Å². The molecule has 1 unspecified atom stereocenters. The quantitative estimate of drug-likeness (QED) is 0.712. The van der Waals surface area contributed by atoms with Crippen LogP contribution in [0.25, 0.3) is 0 Å². The zero-order valence-electron chi connectivity index (χ0n) is 10.6. The fourth-order valence-electron chi connectivity index (χ4n) is 2.59. The molecule has 0 radical (unpaired) electrons. The molecule has 2 aliphatic heterocycles. The highest BCUT2D eigenvalue weighted by atomic mass is 32.2. The number of primary amides is 1. The lowest BCUT2D eigenvalue weighted by molar-refractivity contribution is -0.162. The van der Waals surface area contributed by atoms with E-state index in [2.05, 4.69) is 6.58 Å². The molecule has 0 bridgehead atoms. The fraction of sp³-hybridized carbons (Fsp3) is 0.545. The summed E-state index contributed by atoms with van der Waals surface area (Å²) in [4.78, 5) is 37.0. The van der Waals surface area contributed by atoms with Crippen molar-refractivity contribution in [2.24, 2.45) is 5.73 Å². The molecule has 0 aromatic carbocycles. The maximum Gasteiger partial charge on any atom is 0.327 e. The molecule has 2 rings (SSSR count). The lowest BCUT2D eigenvalue weighted by atomic mass is 9.95. The van der Waals surface area contributed by atoms with Gasteiger partial charge < -0.3 is 15.7 Å². The van der Waals surface area contributed by atoms with Gasteiger partial charge in [0, 0.05) is 10.9 Å². The highest BCUT2D eigenvalue weighted by Gasteiger charge is 2.65. The van der Waals surface area contributed by atoms with Crippen LogP contribution in [0.1, 0.15) is 13.8 Å². The number of carboxylic acid groups (broad SMARTS) is 1. The number of amides is 3. The molecule has 7 nitrogen and oxygen atoms in total. The van der Waals surface area contributed by atoms with Gasteiger partial charge in [0.15, 0.2) is 0 Å². The number of carbonyl (C=O) groups excluding carboxylic acids is 2. The van der Waals surface area contributed by atoms with Crippen LogP contribution < -0.4 is 5.73 Å². The Hall–Kier alpha value is -1.70. The molecular formula is C11H15N3O4S. The van der Waals surface area contributed by atoms with Crippen molar-refractivity contribution < 1.29 is 19.5 Å². The van der Waals surface area contributed by atoms with E-state index in [1.165, 1.54) is 22.9 Å². The van der Waals surface area contributed by atoms with Crippen LogP contribution in [-0.2, 0) is 9.59 Å². The number of β-lactam (4-membered cyclic amide) rings is 1. The van der Waals surface area contributed by atoms with Gasteiger partial charge >= 0.3 is 12.0 Å². The first-order chi connectivity index (χ1) is 8.72. The highest BCUT2D eigenvalue weighted by Crippen LogP contribution is 2.52. The molecule has 2 aliphatic rings. The van der Waals surface area contributed by atoms with Gasteiger partial charge in [-0.1, -0.05) is 6.58 Å². The number of nitrogens with zero attached hydrogens (tertiary/aromatic N) is 2. The van der Waals surface area contributed by atoms with E-state index >= 15 is 0 Å². The van der Waals surface area contributed by atoms with Crippen molar-refractivity contribution in [3.8, 4) is 0 Å². The molecule has 0 aromatic rings. The second-order valence-electron chi connectivity index (χ2n) is 4.97. The summed E-state index contributed by atoms with van der Waals surface area (Å²) in [5.74, 6) is -1.45. The van der Waals surface area contributed by atoms with Crippen molar-refractivity contribution in [1.82, 2.24) is 9.80 Å². The van der Waals surface area contributed by atoms with E-state index < -0.39 is 40.1 Å². The molecule has 0 aliphatic carbocycles. The summed E-state index contributed by atoms with van der Waals surface area (Å²) in [6, 6.07) is -2.43. The van der Waals surface area contributed by atoms with Crippen molar-refractivity contribution in [2.75, 3.05) is 0 Å². The van der Waals surface area contributed by atoms with Gasteiger partial charge in [-0.15, -0.1) is 11.8 Å². The van der Waals surface area contributed by atoms with Gasteiger partial charge in [-0.3, -0.25) is 9.69 Å². The van der Waals surface area contributed by atoms with Crippen molar-refractivity contribution in [1.29, 1.82) is 0 Å². The first kappa shape index (κ1) is 13.7. The zero-order chi connectivity index (χ0) is 14.5. The summed E-state index contributed by atoms with van der Waals surface area (Å²) in [6.45, 7) is 6.98. The normalized spacial score (nSPS) is 31.4. The molecule has 104 valence electrons. The Kier molecular flexibility index (Phi) is 3.00. The SMILES string of the molecule is C=CN(C(N)=O)C1C(=O)N2[C@@H]1SC(C)(C)[C@@H]2C(=O)O. The second kappa shape index (κ2) is 4.16. The number of rotatable bonds is 3. The van der Waals surface area contributed by atoms with Gasteiger partial charge in [0.2, 0.25) is 0 Å². The Morgan fingerprint density at radius 1 is 1.58 bits per heavy atom. The molecule has 2 heterocycles. The van der Waals surface area contributed by atoms with E-state index in [9.17, 15) is 19.5 Å². The van der Waals surface area contributed by atoms with Crippen LogP contribution in [-0.4, -0.2) is 55.0 Å². The molecule has 8 heteroatoms. The summed E-state index contributed by atoms with van der Waals surface area (Å²) in [5.41, 5.74) is 5.18. The van der Waals surface area contributed by atoms with Gasteiger partial charge in [-0.05, 0) is 13.8 Å². The molecule has 19 heavy (non-hydrogen) atoms. The minimum atomic E-state index is -1.05. The molecule has 3 N–H and O–H groups in total. The predicted molar refractivity (Wildman–Crippen MR) is 69.1 cm³/mol. The van der Waals surface area contributed by atoms with Crippen LogP contribution in [0.4, 0.5) is 4.79 Å². The first-order valence-corrected chi connectivity index (χ1v) is 6.53. The average Bonchev–Trinajstić information content (AvgIpc) is 2.53. The monoisotopic (exact) mass is 285 g/mol. The number of hydrogen-bond donors (Lipinski definition) is 2. The minimum absolute atomic E-state index is 0.394. The van der Waals surface area contributed by atoms with Crippen LogP contribution in [0, 0.1) is 0 Å². The predicted octanol–water partition coefficient (Wildman–Crippen LogP) is 0.0261. The summed E-state index contributed by atoms with van der Waals surface area (Å²) >= 11 is 1.35. The fourth-order valence-corrected chi connectivity index (χ4v) is 4.27. The number of urea groups is 1. The number of carbonyl (C=O) groups is 3. The van der Waals surface area contributed by atoms with Crippen LogP contribution in [0.3, 0.4) is 0 Å². The largest absolute Gasteiger partial charge is 0.480 e. The van der Waals surface area contributed by atoms with E-state index in [1.807, 2.05) is 0 Å². The van der Waals surface area contributed by atoms with Gasteiger partial charge in [-0.2, -0.15) is 0 Å². The molecule has 3 amide bonds. The van der Waals surface area contributed by atoms with Crippen molar-refractivity contribution in [3.63, 3.8) is 0 Å². The lowest BCUT2D eigenvalue weighted by Crippen LogP contribution is -2.70. The Morgan fingerprint density at radius 3 is 2.58 bits per heavy atom. The highest BCUT2D eigenvalue weighted by molar-refractivity contribution is 8.01. The van der Waals surface area contributed by atoms with Gasteiger partial charge in [0.05, 0.1) is 0 Å². The standard InChI is InChI=1S/C11H15N3O4S/c1-4-13(10(12)18)5-7(15)14-6(9(16)17)11(2,3)19-8(5)14/h4-6,8H,1H2,2-3H3,(H2,12,18)(H,16,17)/t5?,6-,8+/m0/s1. The molecule has 2 saturated heterocycles. The molecule has 2 fully saturated rings. The number of hydrogen-bond acceptors (Lipinski definition) is 4. The average molecular weight is 285 g/mol. The number of thioether (sulfide) groups is 1. The van der Waals surface area contributed by atoms with E-state index in [0.29, 0.717) is 0 Å². The third-order valence-electron chi connectivity index (χ3n) is 3.40. The topological polar surface area (TPSA) is 104 Å². The van der Waals surface area contributed by atoms with Crippen LogP contribution in [0.2, 0.25) is 0 Å². The maximum atomic E-state index is 12.1. The molecule has 3 atom stereocenters. The first-order valence-electron chi connectivity index (χ1n) is 5.65. The molecule has 0 saturated carbocycles. The number of aliphatic carboxylic acids is 1. The summed E-state index contributed by atoms with van der Waals surface area (Å²) in [5, 5.41) is 8.85. The smallest absolute Gasteiger partial charge is 0.327 e. The Morgan fingerprint density at radius 2 is 2.16 bits per heavy atom. The molecule has 0 aromatic heterocycles. The maximum absolute atomic E-state index is 12.1. The van der Waals surface area contributed by atoms with Gasteiger partial charge in [-0.25, -0.2) is 9.59 Å². The Bertz CT molecular complexity index is 479. The van der Waals surface area contributed by atoms with Crippen molar-refractivity contribution >= 4 is 29.7 Å². The Balaban J connectivity index is 2.30. The third kappa shape index (κ3) is 1.78. The van der Waals surface area contributed by atoms with E-state index in [4.69, 9.17) is 5.73 Å². The summed E-state index contributed by atoms with van der Waals surface area (Å²) in [7, 11) is 0. The molecular weight excluding hydrogens is 270 g/mol. The van der Waals surface area contributed by atoms with E-state index in [1.54, 1.807) is 13.8 Å². The zero-order valence-corrected chi connectivity index (χ0v) is 11.4. The van der Waals surface area contributed by atoms with E-state index in [0.717, 1.165) is 4.90 Å². The van der Waals surface area contributed by atoms with Crippen LogP contribution in [0.5, 0.6) is 0 Å². The summed E-state index contributed by atoms with van der Waals surface area (Å²) < 4.78 is -0.620. The van der Waals surface area contributed by atoms with Crippen molar-refractivity contribution in [3.05, 3.63) is 12.8 Å². The third-order valence-corrected chi connectivity index (χ3v) is 4.95. The lowest BCUT2D eigenvalue weighted by Gasteiger charge is -2.46. The number of carboxylic acids is 1. The van der Waals surface area contributed by atoms with E-state index in [-0.39, 0.29) is 0 Å². The van der Waals surface area contributed by atoms with Crippen molar-refractivity contribution in [2.45, 2.75) is 36.1 Å². The van der Waals surface area contributed by atoms with Crippen LogP contribution in [0.15, 0.2) is 12.8 Å². The summed E-state index contributed by atoms with van der Waals surface area (Å²) in [6.07, 6.45) is 1.20. The van der Waals surface area contributed by atoms with Gasteiger partial charge in [0.1, 0.15) is 17.5 Å². The number of nitrogens with two attached hydrogens (primary N) is 1.